The van der Waals surface area contributed by atoms with Gasteiger partial charge in [-0.15, -0.1) is 0 Å². The average Bonchev–Trinajstić information content (AvgIpc) is 3.72. The smallest absolute Gasteiger partial charge is 0.269 e. The van der Waals surface area contributed by atoms with Crippen molar-refractivity contribution < 1.29 is 19.1 Å². The predicted octanol–water partition coefficient (Wildman–Crippen LogP) is 7.96. The first-order valence-electron chi connectivity index (χ1n) is 16.2. The van der Waals surface area contributed by atoms with Gasteiger partial charge < -0.3 is 14.2 Å². The van der Waals surface area contributed by atoms with Gasteiger partial charge in [0.1, 0.15) is 26.6 Å². The van der Waals surface area contributed by atoms with Gasteiger partial charge in [-0.05, 0) is 93.2 Å². The molecule has 0 spiro atoms. The van der Waals surface area contributed by atoms with Crippen molar-refractivity contribution in [3.8, 4) is 17.2 Å². The second kappa shape index (κ2) is 13.5. The van der Waals surface area contributed by atoms with E-state index in [4.69, 9.17) is 24.4 Å². The van der Waals surface area contributed by atoms with Crippen molar-refractivity contribution in [1.29, 1.82) is 0 Å². The van der Waals surface area contributed by atoms with Crippen molar-refractivity contribution in [2.45, 2.75) is 26.7 Å². The molecule has 9 rings (SSSR count). The summed E-state index contributed by atoms with van der Waals surface area (Å²) in [5.74, 6) is 3.90. The van der Waals surface area contributed by atoms with E-state index in [0.29, 0.717) is 23.6 Å². The zero-order valence-electron chi connectivity index (χ0n) is 28.1. The monoisotopic (exact) mass is 821 g/mol. The van der Waals surface area contributed by atoms with Crippen LogP contribution in [0.25, 0.3) is 0 Å². The van der Waals surface area contributed by atoms with Crippen molar-refractivity contribution >= 4 is 49.0 Å². The van der Waals surface area contributed by atoms with Crippen molar-refractivity contribution in [2.24, 2.45) is 10.2 Å². The lowest BCUT2D eigenvalue weighted by molar-refractivity contribution is -0.384. The summed E-state index contributed by atoms with van der Waals surface area (Å²) in [6.45, 7) is 4.11. The molecule has 14 heteroatoms. The van der Waals surface area contributed by atoms with Crippen LogP contribution >= 0.6 is 31.9 Å². The number of ether oxygens (including phenoxy) is 3. The van der Waals surface area contributed by atoms with Crippen LogP contribution in [0.15, 0.2) is 104 Å². The summed E-state index contributed by atoms with van der Waals surface area (Å²) < 4.78 is 21.8. The van der Waals surface area contributed by atoms with E-state index in [1.54, 1.807) is 23.9 Å². The average molecular weight is 824 g/mol. The molecule has 260 valence electrons. The lowest BCUT2D eigenvalue weighted by atomic mass is 9.95. The van der Waals surface area contributed by atoms with Gasteiger partial charge in [0.2, 0.25) is 6.79 Å². The number of hydrogen-bond donors (Lipinski definition) is 0. The molecule has 52 heavy (non-hydrogen) atoms. The number of nitro benzene ring substituents is 1. The van der Waals surface area contributed by atoms with Crippen LogP contribution in [0.3, 0.4) is 0 Å². The SMILES string of the molecule is COc1ccc2c(c1)C(c1ccccc1)=Nn1c(nc(Br)c1C)C2.Cc1nc2n(c1Br)N=C(c1ccc([N+](=O)[O-])cc1)c1cc3c(cc1C2)OCO3. The van der Waals surface area contributed by atoms with E-state index in [1.165, 1.54) is 17.7 Å². The lowest BCUT2D eigenvalue weighted by Crippen LogP contribution is -2.07. The molecule has 5 heterocycles. The summed E-state index contributed by atoms with van der Waals surface area (Å²) in [5.41, 5.74) is 9.47. The topological polar surface area (TPSA) is 131 Å². The minimum atomic E-state index is -0.418. The number of halogens is 2. The highest BCUT2D eigenvalue weighted by Crippen LogP contribution is 2.38. The minimum Gasteiger partial charge on any atom is -0.497 e. The van der Waals surface area contributed by atoms with E-state index in [1.807, 2.05) is 54.9 Å². The van der Waals surface area contributed by atoms with Crippen LogP contribution in [0.4, 0.5) is 5.69 Å². The summed E-state index contributed by atoms with van der Waals surface area (Å²) in [5, 5.41) is 20.8. The van der Waals surface area contributed by atoms with E-state index in [-0.39, 0.29) is 12.5 Å². The van der Waals surface area contributed by atoms with E-state index < -0.39 is 4.92 Å². The van der Waals surface area contributed by atoms with Crippen LogP contribution in [0.2, 0.25) is 0 Å². The van der Waals surface area contributed by atoms with Gasteiger partial charge >= 0.3 is 0 Å². The molecule has 0 amide bonds. The number of aromatic nitrogens is 4. The van der Waals surface area contributed by atoms with Crippen molar-refractivity contribution in [2.75, 3.05) is 13.9 Å². The third kappa shape index (κ3) is 6.07. The Morgan fingerprint density at radius 3 is 2.12 bits per heavy atom. The molecule has 0 unspecified atom stereocenters. The highest BCUT2D eigenvalue weighted by atomic mass is 79.9. The van der Waals surface area contributed by atoms with E-state index in [0.717, 1.165) is 77.9 Å². The second-order valence-corrected chi connectivity index (χ2v) is 13.7. The molecule has 6 aromatic rings. The minimum absolute atomic E-state index is 0.0317. The Kier molecular flexibility index (Phi) is 8.71. The van der Waals surface area contributed by atoms with Gasteiger partial charge in [0.05, 0.1) is 34.8 Å². The lowest BCUT2D eigenvalue weighted by Gasteiger charge is -2.11. The summed E-state index contributed by atoms with van der Waals surface area (Å²) in [6.07, 6.45) is 1.30. The number of aryl methyl sites for hydroxylation is 1. The number of nitrogens with zero attached hydrogens (tertiary/aromatic N) is 7. The number of fused-ring (bicyclic) bond motifs is 5. The molecule has 3 aliphatic rings. The van der Waals surface area contributed by atoms with E-state index in [2.05, 4.69) is 66.1 Å². The first kappa shape index (κ1) is 33.5. The van der Waals surface area contributed by atoms with Crippen LogP contribution in [0.5, 0.6) is 17.2 Å². The zero-order valence-corrected chi connectivity index (χ0v) is 31.3. The fraction of sp³-hybridized carbons (Fsp3) is 0.158. The van der Waals surface area contributed by atoms with Gasteiger partial charge in [-0.3, -0.25) is 10.1 Å². The Labute approximate surface area is 314 Å². The Hall–Kier alpha value is -5.60. The van der Waals surface area contributed by atoms with Crippen molar-refractivity contribution in [3.63, 3.8) is 0 Å². The van der Waals surface area contributed by atoms with Crippen LogP contribution in [0, 0.1) is 24.0 Å². The third-order valence-corrected chi connectivity index (χ3v) is 10.7. The summed E-state index contributed by atoms with van der Waals surface area (Å²) in [7, 11) is 1.68. The number of benzene rings is 4. The molecule has 12 nitrogen and oxygen atoms in total. The molecular formula is C38H29Br2N7O5. The molecular weight excluding hydrogens is 794 g/mol. The molecule has 0 aliphatic carbocycles. The summed E-state index contributed by atoms with van der Waals surface area (Å²) in [6, 6.07) is 26.6. The number of non-ortho nitro benzene ring substituents is 1. The Bertz CT molecular complexity index is 2450. The van der Waals surface area contributed by atoms with Gasteiger partial charge in [0.15, 0.2) is 11.5 Å². The normalized spacial score (nSPS) is 13.6. The fourth-order valence-corrected chi connectivity index (χ4v) is 7.10. The van der Waals surface area contributed by atoms with Crippen LogP contribution in [-0.4, -0.2) is 49.6 Å². The quantitative estimate of drug-likeness (QED) is 0.130. The zero-order chi connectivity index (χ0) is 36.1. The molecule has 0 atom stereocenters. The van der Waals surface area contributed by atoms with Crippen molar-refractivity contribution in [3.05, 3.63) is 161 Å². The van der Waals surface area contributed by atoms with Gasteiger partial charge in [0, 0.05) is 47.2 Å². The Balaban J connectivity index is 0.000000151. The van der Waals surface area contributed by atoms with E-state index in [9.17, 15) is 10.1 Å². The number of imidazole rings is 2. The predicted molar refractivity (Wildman–Crippen MR) is 202 cm³/mol. The highest BCUT2D eigenvalue weighted by Gasteiger charge is 2.27. The third-order valence-electron chi connectivity index (χ3n) is 9.04. The first-order valence-corrected chi connectivity index (χ1v) is 17.8. The maximum absolute atomic E-state index is 11.0. The van der Waals surface area contributed by atoms with Crippen LogP contribution < -0.4 is 14.2 Å². The van der Waals surface area contributed by atoms with Crippen LogP contribution in [0.1, 0.15) is 56.4 Å². The fourth-order valence-electron chi connectivity index (χ4n) is 6.36. The maximum atomic E-state index is 11.0. The second-order valence-electron chi connectivity index (χ2n) is 12.2. The molecule has 2 aromatic heterocycles. The van der Waals surface area contributed by atoms with Gasteiger partial charge in [0.25, 0.3) is 5.69 Å². The molecule has 0 radical (unpaired) electrons. The number of hydrogen-bond acceptors (Lipinski definition) is 9. The summed E-state index contributed by atoms with van der Waals surface area (Å²) >= 11 is 7.07. The molecule has 0 fully saturated rings. The number of rotatable bonds is 4. The molecule has 0 bridgehead atoms. The largest absolute Gasteiger partial charge is 0.497 e. The summed E-state index contributed by atoms with van der Waals surface area (Å²) in [4.78, 5) is 19.8. The Morgan fingerprint density at radius 1 is 0.769 bits per heavy atom. The molecule has 4 aromatic carbocycles. The van der Waals surface area contributed by atoms with Crippen LogP contribution in [-0.2, 0) is 12.8 Å². The number of methoxy groups -OCH3 is 1. The molecule has 0 saturated heterocycles. The molecule has 0 N–H and O–H groups in total. The molecule has 3 aliphatic heterocycles. The first-order chi connectivity index (χ1) is 25.2. The molecule has 0 saturated carbocycles. The van der Waals surface area contributed by atoms with E-state index >= 15 is 0 Å². The van der Waals surface area contributed by atoms with Crippen molar-refractivity contribution in [1.82, 2.24) is 19.3 Å². The maximum Gasteiger partial charge on any atom is 0.269 e. The van der Waals surface area contributed by atoms with Gasteiger partial charge in [-0.25, -0.2) is 19.3 Å². The van der Waals surface area contributed by atoms with Gasteiger partial charge in [-0.2, -0.15) is 10.2 Å². The Morgan fingerprint density at radius 2 is 1.40 bits per heavy atom. The standard InChI is InChI=1S/C19H13BrN4O4.C19H16BrN3O/c1-10-19(20)23-17(21-10)7-12-6-15-16(28-9-27-15)8-14(12)18(22-23)11-2-4-13(5-3-11)24(25)26;1-12-19(20)21-17-10-14-8-9-15(24-2)11-16(14)18(22-23(12)17)13-6-4-3-5-7-13/h2-6,8H,7,9H2,1H3;3-9,11H,10H2,1-2H3. The highest BCUT2D eigenvalue weighted by molar-refractivity contribution is 9.10. The van der Waals surface area contributed by atoms with Gasteiger partial charge in [-0.1, -0.05) is 36.4 Å². The number of nitro groups is 1.